The normalized spacial score (nSPS) is 20.2. The summed E-state index contributed by atoms with van der Waals surface area (Å²) in [6, 6.07) is 14.7. The number of benzene rings is 2. The van der Waals surface area contributed by atoms with Crippen LogP contribution < -0.4 is 9.64 Å². The third-order valence-electron chi connectivity index (χ3n) is 8.99. The van der Waals surface area contributed by atoms with Gasteiger partial charge in [-0.2, -0.15) is 5.26 Å². The highest BCUT2D eigenvalue weighted by Crippen LogP contribution is 2.41. The fourth-order valence-electron chi connectivity index (χ4n) is 6.70. The topological polar surface area (TPSA) is 77.1 Å². The zero-order chi connectivity index (χ0) is 30.8. The zero-order valence-corrected chi connectivity index (χ0v) is 25.7. The summed E-state index contributed by atoms with van der Waals surface area (Å²) in [7, 11) is 2.08. The molecule has 3 aromatic rings. The first kappa shape index (κ1) is 29.9. The number of nitriles is 1. The van der Waals surface area contributed by atoms with Crippen LogP contribution in [0.5, 0.6) is 5.88 Å². The summed E-state index contributed by atoms with van der Waals surface area (Å²) in [5.41, 5.74) is 5.32. The molecule has 2 fully saturated rings. The number of pyridine rings is 1. The molecule has 44 heavy (non-hydrogen) atoms. The number of anilines is 1. The lowest BCUT2D eigenvalue weighted by atomic mass is 9.95. The Morgan fingerprint density at radius 1 is 1.25 bits per heavy atom. The van der Waals surface area contributed by atoms with Gasteiger partial charge in [-0.25, -0.2) is 15.9 Å². The van der Waals surface area contributed by atoms with Crippen LogP contribution in [0.15, 0.2) is 53.7 Å². The van der Waals surface area contributed by atoms with Crippen molar-refractivity contribution in [3.8, 4) is 23.1 Å². The van der Waals surface area contributed by atoms with Gasteiger partial charge < -0.3 is 24.3 Å². The number of rotatable bonds is 7. The molecule has 0 unspecified atom stereocenters. The van der Waals surface area contributed by atoms with E-state index in [0.29, 0.717) is 29.9 Å². The molecule has 2 saturated heterocycles. The molecule has 1 aromatic heterocycles. The number of fused-ring (bicyclic) bond motifs is 2. The van der Waals surface area contributed by atoms with E-state index in [2.05, 4.69) is 59.8 Å². The second kappa shape index (κ2) is 12.9. The van der Waals surface area contributed by atoms with E-state index in [4.69, 9.17) is 16.3 Å². The van der Waals surface area contributed by atoms with E-state index in [1.54, 1.807) is 0 Å². The Kier molecular flexibility index (Phi) is 8.74. The quantitative estimate of drug-likeness (QED) is 0.251. The molecule has 2 aromatic carbocycles. The van der Waals surface area contributed by atoms with Crippen LogP contribution in [-0.4, -0.2) is 84.9 Å². The van der Waals surface area contributed by atoms with E-state index in [1.807, 2.05) is 22.7 Å². The summed E-state index contributed by atoms with van der Waals surface area (Å²) >= 11 is 1.90. The van der Waals surface area contributed by atoms with E-state index >= 15 is 0 Å². The van der Waals surface area contributed by atoms with Crippen LogP contribution in [0.25, 0.3) is 26.9 Å². The number of amides is 1. The van der Waals surface area contributed by atoms with Crippen molar-refractivity contribution in [1.29, 1.82) is 5.26 Å². The van der Waals surface area contributed by atoms with Gasteiger partial charge in [-0.3, -0.25) is 4.79 Å². The highest BCUT2D eigenvalue weighted by atomic mass is 32.2. The van der Waals surface area contributed by atoms with Gasteiger partial charge in [0, 0.05) is 36.0 Å². The van der Waals surface area contributed by atoms with Crippen LogP contribution in [-0.2, 0) is 11.2 Å². The number of ether oxygens (including phenoxy) is 1. The lowest BCUT2D eigenvalue weighted by Gasteiger charge is -2.40. The molecule has 1 amide bonds. The highest BCUT2D eigenvalue weighted by Gasteiger charge is 2.36. The first-order chi connectivity index (χ1) is 21.4. The number of aromatic nitrogens is 1. The summed E-state index contributed by atoms with van der Waals surface area (Å²) < 4.78 is 20.2. The van der Waals surface area contributed by atoms with E-state index in [-0.39, 0.29) is 31.6 Å². The second-order valence-corrected chi connectivity index (χ2v) is 12.8. The molecular formula is C34H35FN6O2S. The first-order valence-electron chi connectivity index (χ1n) is 15.1. The number of likely N-dealkylation sites (N-methyl/N-ethyl adjacent to an activating group) is 1. The Morgan fingerprint density at radius 3 is 2.86 bits per heavy atom. The van der Waals surface area contributed by atoms with Crippen molar-refractivity contribution in [2.45, 2.75) is 42.7 Å². The van der Waals surface area contributed by atoms with Crippen LogP contribution in [0.2, 0.25) is 0 Å². The Morgan fingerprint density at radius 2 is 2.11 bits per heavy atom. The van der Waals surface area contributed by atoms with Crippen molar-refractivity contribution in [2.24, 2.45) is 0 Å². The van der Waals surface area contributed by atoms with Gasteiger partial charge >= 0.3 is 0 Å². The van der Waals surface area contributed by atoms with Crippen molar-refractivity contribution in [1.82, 2.24) is 14.8 Å². The van der Waals surface area contributed by atoms with Crippen molar-refractivity contribution in [3.05, 3.63) is 71.3 Å². The van der Waals surface area contributed by atoms with Gasteiger partial charge in [-0.15, -0.1) is 11.8 Å². The Labute approximate surface area is 261 Å². The molecule has 0 radical (unpaired) electrons. The van der Waals surface area contributed by atoms with Crippen LogP contribution >= 0.6 is 11.8 Å². The van der Waals surface area contributed by atoms with E-state index in [0.717, 1.165) is 48.9 Å². The minimum absolute atomic E-state index is 0.0130. The molecule has 2 atom stereocenters. The summed E-state index contributed by atoms with van der Waals surface area (Å²) in [6.07, 6.45) is 4.29. The van der Waals surface area contributed by atoms with Gasteiger partial charge in [0.15, 0.2) is 5.83 Å². The molecular weight excluding hydrogens is 575 g/mol. The van der Waals surface area contributed by atoms with Crippen LogP contribution in [0.3, 0.4) is 0 Å². The van der Waals surface area contributed by atoms with E-state index < -0.39 is 17.8 Å². The molecule has 0 saturated carbocycles. The number of halogens is 1. The molecule has 3 aliphatic rings. The van der Waals surface area contributed by atoms with Crippen molar-refractivity contribution >= 4 is 34.3 Å². The molecule has 3 aliphatic heterocycles. The highest BCUT2D eigenvalue weighted by molar-refractivity contribution is 7.99. The van der Waals surface area contributed by atoms with E-state index in [1.165, 1.54) is 20.9 Å². The van der Waals surface area contributed by atoms with Gasteiger partial charge in [-0.1, -0.05) is 30.8 Å². The standard InChI is InChI=1S/C34H35FN6O2S/c1-22(35)34(42)41-15-14-40(20-25(41)19-37-2)32-28-12-11-23(26-8-4-10-31-27(26)9-6-16-44-31)17-30(28)38-33(29(32)18-36)43-21-24-7-5-13-39(24)3/h4,8,10-12,17,24-25H,1,5-7,9,13-16,19-21H2,3H3/t24-,25-/m0/s1. The largest absolute Gasteiger partial charge is 0.475 e. The summed E-state index contributed by atoms with van der Waals surface area (Å²) in [5, 5.41) is 11.3. The van der Waals surface area contributed by atoms with Crippen molar-refractivity contribution in [3.63, 3.8) is 0 Å². The number of thioether (sulfide) groups is 1. The fraction of sp³-hybridized carbons (Fsp3) is 0.412. The van der Waals surface area contributed by atoms with Gasteiger partial charge in [0.2, 0.25) is 12.4 Å². The number of nitrogens with zero attached hydrogens (tertiary/aromatic N) is 6. The molecule has 10 heteroatoms. The second-order valence-electron chi connectivity index (χ2n) is 11.7. The first-order valence-corrected chi connectivity index (χ1v) is 16.1. The summed E-state index contributed by atoms with van der Waals surface area (Å²) in [6.45, 7) is 12.9. The van der Waals surface area contributed by atoms with Crippen LogP contribution in [0, 0.1) is 17.9 Å². The number of hydrogen-bond acceptors (Lipinski definition) is 7. The third-order valence-corrected chi connectivity index (χ3v) is 10.2. The van der Waals surface area contributed by atoms with E-state index in [9.17, 15) is 14.4 Å². The lowest BCUT2D eigenvalue weighted by Crippen LogP contribution is -2.56. The average Bonchev–Trinajstić information content (AvgIpc) is 3.46. The average molecular weight is 611 g/mol. The Balaban J connectivity index is 1.45. The Bertz CT molecular complexity index is 1700. The van der Waals surface area contributed by atoms with Crippen molar-refractivity contribution < 1.29 is 13.9 Å². The Hall–Kier alpha value is -4.12. The summed E-state index contributed by atoms with van der Waals surface area (Å²) in [5.74, 6) is -0.422. The number of carbonyl (C=O) groups is 1. The van der Waals surface area contributed by atoms with Gasteiger partial charge in [0.25, 0.3) is 5.91 Å². The molecule has 0 N–H and O–H groups in total. The number of carbonyl (C=O) groups excluding carboxylic acids is 1. The monoisotopic (exact) mass is 610 g/mol. The minimum Gasteiger partial charge on any atom is -0.475 e. The molecule has 0 bridgehead atoms. The van der Waals surface area contributed by atoms with Gasteiger partial charge in [0.1, 0.15) is 24.3 Å². The zero-order valence-electron chi connectivity index (χ0n) is 24.9. The third kappa shape index (κ3) is 5.72. The molecule has 6 rings (SSSR count). The molecule has 4 heterocycles. The smallest absolute Gasteiger partial charge is 0.282 e. The molecule has 0 spiro atoms. The van der Waals surface area contributed by atoms with Gasteiger partial charge in [-0.05, 0) is 73.9 Å². The SMILES string of the molecule is [C-]#[N+]C[C@H]1CN(c2c(C#N)c(OC[C@@H]3CCCN3C)nc3cc(-c4cccc5c4CCCS5)ccc23)CCN1C(=O)C(=C)F. The number of likely N-dealkylation sites (tertiary alicyclic amines) is 1. The van der Waals surface area contributed by atoms with Crippen LogP contribution in [0.4, 0.5) is 10.1 Å². The number of piperazine rings is 1. The maximum Gasteiger partial charge on any atom is 0.282 e. The van der Waals surface area contributed by atoms with Crippen LogP contribution in [0.1, 0.15) is 30.4 Å². The fourth-order valence-corrected chi connectivity index (χ4v) is 7.76. The summed E-state index contributed by atoms with van der Waals surface area (Å²) in [4.78, 5) is 28.0. The predicted molar refractivity (Wildman–Crippen MR) is 172 cm³/mol. The predicted octanol–water partition coefficient (Wildman–Crippen LogP) is 5.70. The number of hydrogen-bond donors (Lipinski definition) is 0. The molecule has 0 aliphatic carbocycles. The lowest BCUT2D eigenvalue weighted by molar-refractivity contribution is -0.131. The van der Waals surface area contributed by atoms with Crippen molar-refractivity contribution in [2.75, 3.05) is 57.0 Å². The molecule has 8 nitrogen and oxygen atoms in total. The molecule has 226 valence electrons. The minimum atomic E-state index is -1.04. The van der Waals surface area contributed by atoms with Gasteiger partial charge in [0.05, 0.1) is 11.2 Å². The maximum absolute atomic E-state index is 13.9. The maximum atomic E-state index is 13.9.